The van der Waals surface area contributed by atoms with Gasteiger partial charge in [0, 0.05) is 37.3 Å². The fourth-order valence-electron chi connectivity index (χ4n) is 3.96. The molecule has 2 aromatic heterocycles. The normalized spacial score (nSPS) is 12.5. The van der Waals surface area contributed by atoms with Crippen LogP contribution >= 0.6 is 11.3 Å². The SMILES string of the molecule is CCOc1ccccc1CCC(=O)Nc1sc2c(c1C#N)CCN(C(=O)OCc1nccn1C)C2. The van der Waals surface area contributed by atoms with E-state index in [1.54, 1.807) is 21.9 Å². The summed E-state index contributed by atoms with van der Waals surface area (Å²) in [6, 6.07) is 9.90. The molecule has 4 rings (SSSR count). The van der Waals surface area contributed by atoms with E-state index >= 15 is 0 Å². The van der Waals surface area contributed by atoms with Gasteiger partial charge in [-0.15, -0.1) is 11.3 Å². The van der Waals surface area contributed by atoms with Gasteiger partial charge in [-0.05, 0) is 37.0 Å². The molecule has 0 bridgehead atoms. The summed E-state index contributed by atoms with van der Waals surface area (Å²) in [5.74, 6) is 1.27. The number of rotatable bonds is 8. The van der Waals surface area contributed by atoms with Gasteiger partial charge in [0.25, 0.3) is 0 Å². The standard InChI is InChI=1S/C25H27N5O4S/c1-3-33-20-7-5-4-6-17(20)8-9-23(31)28-24-19(14-26)18-10-12-30(15-21(18)35-24)25(32)34-16-22-27-11-13-29(22)2/h4-7,11,13H,3,8-10,12,15-16H2,1-2H3,(H,28,31). The Morgan fingerprint density at radius 2 is 2.14 bits per heavy atom. The van der Waals surface area contributed by atoms with Gasteiger partial charge in [-0.3, -0.25) is 4.79 Å². The van der Waals surface area contributed by atoms with Crippen molar-refractivity contribution < 1.29 is 19.1 Å². The highest BCUT2D eigenvalue weighted by atomic mass is 32.1. The van der Waals surface area contributed by atoms with Crippen molar-refractivity contribution in [1.29, 1.82) is 5.26 Å². The number of anilines is 1. The molecule has 182 valence electrons. The lowest BCUT2D eigenvalue weighted by molar-refractivity contribution is -0.116. The van der Waals surface area contributed by atoms with E-state index in [4.69, 9.17) is 9.47 Å². The molecule has 2 amide bonds. The summed E-state index contributed by atoms with van der Waals surface area (Å²) in [4.78, 5) is 31.9. The third kappa shape index (κ3) is 5.63. The number of ether oxygens (including phenoxy) is 2. The van der Waals surface area contributed by atoms with E-state index < -0.39 is 6.09 Å². The second-order valence-corrected chi connectivity index (χ2v) is 9.19. The van der Waals surface area contributed by atoms with Crippen LogP contribution < -0.4 is 10.1 Å². The topological polar surface area (TPSA) is 109 Å². The first-order chi connectivity index (χ1) is 17.0. The van der Waals surface area contributed by atoms with E-state index in [1.807, 2.05) is 38.2 Å². The fourth-order valence-corrected chi connectivity index (χ4v) is 5.19. The lowest BCUT2D eigenvalue weighted by Gasteiger charge is -2.26. The summed E-state index contributed by atoms with van der Waals surface area (Å²) in [6.07, 6.45) is 4.35. The van der Waals surface area contributed by atoms with Crippen molar-refractivity contribution in [2.45, 2.75) is 39.3 Å². The van der Waals surface area contributed by atoms with Crippen LogP contribution in [0.25, 0.3) is 0 Å². The number of nitrogens with one attached hydrogen (secondary N) is 1. The van der Waals surface area contributed by atoms with E-state index in [1.165, 1.54) is 11.3 Å². The van der Waals surface area contributed by atoms with Gasteiger partial charge in [0.2, 0.25) is 5.91 Å². The maximum atomic E-state index is 12.7. The number of amides is 2. The zero-order valence-corrected chi connectivity index (χ0v) is 20.6. The molecule has 10 heteroatoms. The summed E-state index contributed by atoms with van der Waals surface area (Å²) in [7, 11) is 1.84. The van der Waals surface area contributed by atoms with Crippen molar-refractivity contribution >= 4 is 28.3 Å². The number of aryl methyl sites for hydroxylation is 2. The molecule has 1 aliphatic heterocycles. The van der Waals surface area contributed by atoms with Gasteiger partial charge in [-0.1, -0.05) is 18.2 Å². The number of hydrogen-bond acceptors (Lipinski definition) is 7. The average molecular weight is 494 g/mol. The zero-order valence-electron chi connectivity index (χ0n) is 19.7. The highest BCUT2D eigenvalue weighted by Crippen LogP contribution is 2.37. The largest absolute Gasteiger partial charge is 0.494 e. The predicted molar refractivity (Wildman–Crippen MR) is 131 cm³/mol. The summed E-state index contributed by atoms with van der Waals surface area (Å²) >= 11 is 1.34. The number of carbonyl (C=O) groups is 2. The van der Waals surface area contributed by atoms with Crippen LogP contribution in [0.5, 0.6) is 5.75 Å². The summed E-state index contributed by atoms with van der Waals surface area (Å²) in [5, 5.41) is 13.2. The Morgan fingerprint density at radius 3 is 2.89 bits per heavy atom. The second-order valence-electron chi connectivity index (χ2n) is 8.09. The Labute approximate surface area is 207 Å². The molecule has 3 aromatic rings. The van der Waals surface area contributed by atoms with Gasteiger partial charge in [-0.25, -0.2) is 9.78 Å². The lowest BCUT2D eigenvalue weighted by Crippen LogP contribution is -2.36. The molecule has 0 fully saturated rings. The Hall–Kier alpha value is -3.84. The molecule has 0 spiro atoms. The van der Waals surface area contributed by atoms with Crippen LogP contribution in [0.1, 0.15) is 40.7 Å². The van der Waals surface area contributed by atoms with Crippen LogP contribution in [-0.2, 0) is 42.6 Å². The minimum atomic E-state index is -0.427. The van der Waals surface area contributed by atoms with Crippen molar-refractivity contribution in [3.63, 3.8) is 0 Å². The Morgan fingerprint density at radius 1 is 1.31 bits per heavy atom. The number of benzene rings is 1. The van der Waals surface area contributed by atoms with E-state index in [-0.39, 0.29) is 18.9 Å². The van der Waals surface area contributed by atoms with Crippen molar-refractivity contribution in [2.24, 2.45) is 7.05 Å². The first-order valence-electron chi connectivity index (χ1n) is 11.4. The van der Waals surface area contributed by atoms with Crippen LogP contribution in [0, 0.1) is 11.3 Å². The smallest absolute Gasteiger partial charge is 0.410 e. The molecule has 9 nitrogen and oxygen atoms in total. The first-order valence-corrected chi connectivity index (χ1v) is 12.2. The van der Waals surface area contributed by atoms with Gasteiger partial charge < -0.3 is 24.3 Å². The number of nitriles is 1. The molecule has 3 heterocycles. The molecule has 0 aliphatic carbocycles. The summed E-state index contributed by atoms with van der Waals surface area (Å²) in [5.41, 5.74) is 2.34. The Kier molecular flexibility index (Phi) is 7.67. The van der Waals surface area contributed by atoms with Crippen molar-refractivity contribution in [1.82, 2.24) is 14.5 Å². The first kappa shape index (κ1) is 24.3. The van der Waals surface area contributed by atoms with Gasteiger partial charge in [0.05, 0.1) is 18.7 Å². The minimum absolute atomic E-state index is 0.0906. The van der Waals surface area contributed by atoms with Gasteiger partial charge >= 0.3 is 6.09 Å². The predicted octanol–water partition coefficient (Wildman–Crippen LogP) is 4.02. The highest BCUT2D eigenvalue weighted by Gasteiger charge is 2.28. The van der Waals surface area contributed by atoms with Crippen LogP contribution in [0.15, 0.2) is 36.7 Å². The zero-order chi connectivity index (χ0) is 24.8. The quantitative estimate of drug-likeness (QED) is 0.508. The molecular formula is C25H27N5O4S. The monoisotopic (exact) mass is 493 g/mol. The second kappa shape index (κ2) is 11.1. The van der Waals surface area contributed by atoms with Crippen LogP contribution in [-0.4, -0.2) is 39.6 Å². The number of nitrogens with zero attached hydrogens (tertiary/aromatic N) is 4. The molecule has 0 saturated carbocycles. The average Bonchev–Trinajstić information content (AvgIpc) is 3.43. The number of imidazole rings is 1. The van der Waals surface area contributed by atoms with Crippen LogP contribution in [0.4, 0.5) is 9.80 Å². The highest BCUT2D eigenvalue weighted by molar-refractivity contribution is 7.16. The number of hydrogen-bond donors (Lipinski definition) is 1. The third-order valence-electron chi connectivity index (χ3n) is 5.82. The summed E-state index contributed by atoms with van der Waals surface area (Å²) in [6.45, 7) is 3.36. The molecule has 0 radical (unpaired) electrons. The van der Waals surface area contributed by atoms with E-state index in [0.717, 1.165) is 21.8 Å². The Bertz CT molecular complexity index is 1260. The molecule has 1 aromatic carbocycles. The Balaban J connectivity index is 1.37. The number of aromatic nitrogens is 2. The molecule has 1 N–H and O–H groups in total. The van der Waals surface area contributed by atoms with E-state index in [0.29, 0.717) is 48.9 Å². The van der Waals surface area contributed by atoms with E-state index in [9.17, 15) is 14.9 Å². The number of para-hydroxylation sites is 1. The third-order valence-corrected chi connectivity index (χ3v) is 6.95. The maximum absolute atomic E-state index is 12.7. The molecule has 0 unspecified atom stereocenters. The van der Waals surface area contributed by atoms with Crippen molar-refractivity contribution in [3.8, 4) is 11.8 Å². The van der Waals surface area contributed by atoms with E-state index in [2.05, 4.69) is 16.4 Å². The molecular weight excluding hydrogens is 466 g/mol. The molecule has 1 aliphatic rings. The maximum Gasteiger partial charge on any atom is 0.410 e. The van der Waals surface area contributed by atoms with Crippen molar-refractivity contribution in [3.05, 3.63) is 64.1 Å². The van der Waals surface area contributed by atoms with Gasteiger partial charge in [0.1, 0.15) is 22.6 Å². The van der Waals surface area contributed by atoms with Crippen LogP contribution in [0.2, 0.25) is 0 Å². The van der Waals surface area contributed by atoms with Crippen molar-refractivity contribution in [2.75, 3.05) is 18.5 Å². The minimum Gasteiger partial charge on any atom is -0.494 e. The fraction of sp³-hybridized carbons (Fsp3) is 0.360. The number of thiophene rings is 1. The summed E-state index contributed by atoms with van der Waals surface area (Å²) < 4.78 is 12.8. The van der Waals surface area contributed by atoms with Gasteiger partial charge in [0.15, 0.2) is 6.61 Å². The number of fused-ring (bicyclic) bond motifs is 1. The number of carbonyl (C=O) groups excluding carboxylic acids is 2. The molecule has 0 atom stereocenters. The molecule has 35 heavy (non-hydrogen) atoms. The van der Waals surface area contributed by atoms with Crippen LogP contribution in [0.3, 0.4) is 0 Å². The lowest BCUT2D eigenvalue weighted by atomic mass is 10.0. The molecule has 0 saturated heterocycles. The van der Waals surface area contributed by atoms with Gasteiger partial charge in [-0.2, -0.15) is 5.26 Å².